The van der Waals surface area contributed by atoms with Gasteiger partial charge < -0.3 is 14.9 Å². The van der Waals surface area contributed by atoms with Crippen LogP contribution in [-0.2, 0) is 9.53 Å². The number of unbranched alkanes of at least 4 members (excludes halogenated alkanes) is 3. The molecule has 0 spiro atoms. The van der Waals surface area contributed by atoms with E-state index in [1.54, 1.807) is 30.0 Å². The monoisotopic (exact) mass is 400 g/mol. The van der Waals surface area contributed by atoms with Crippen LogP contribution in [0.1, 0.15) is 61.5 Å². The van der Waals surface area contributed by atoms with Crippen molar-refractivity contribution in [3.05, 3.63) is 53.6 Å². The number of thioether (sulfide) groups is 1. The molecule has 1 heterocycles. The lowest BCUT2D eigenvalue weighted by Crippen LogP contribution is -2.19. The first kappa shape index (κ1) is 20.6. The summed E-state index contributed by atoms with van der Waals surface area (Å²) in [6.07, 6.45) is 5.67. The summed E-state index contributed by atoms with van der Waals surface area (Å²) in [7, 11) is 1.43. The number of fused-ring (bicyclic) bond motifs is 1. The van der Waals surface area contributed by atoms with Gasteiger partial charge in [-0.05, 0) is 54.2 Å². The smallest absolute Gasteiger partial charge is 0.305 e. The first-order valence-corrected chi connectivity index (χ1v) is 10.9. The molecule has 0 bridgehead atoms. The van der Waals surface area contributed by atoms with Crippen LogP contribution in [0.4, 0.5) is 0 Å². The Morgan fingerprint density at radius 3 is 2.50 bits per heavy atom. The Balaban J connectivity index is 1.67. The fraction of sp³-hybridized carbons (Fsp3) is 0.435. The van der Waals surface area contributed by atoms with Gasteiger partial charge >= 0.3 is 5.97 Å². The summed E-state index contributed by atoms with van der Waals surface area (Å²) in [5.41, 5.74) is 2.56. The molecule has 5 heteroatoms. The predicted octanol–water partition coefficient (Wildman–Crippen LogP) is 5.58. The lowest BCUT2D eigenvalue weighted by molar-refractivity contribution is -0.140. The maximum Gasteiger partial charge on any atom is 0.305 e. The minimum atomic E-state index is -0.134. The number of carbonyl (C=O) groups is 1. The zero-order valence-electron chi connectivity index (χ0n) is 16.3. The van der Waals surface area contributed by atoms with Gasteiger partial charge in [-0.3, -0.25) is 4.79 Å². The van der Waals surface area contributed by atoms with Gasteiger partial charge in [-0.25, -0.2) is 0 Å². The molecule has 0 saturated carbocycles. The number of aromatic hydroxyl groups is 2. The molecule has 0 amide bonds. The van der Waals surface area contributed by atoms with Crippen molar-refractivity contribution in [2.24, 2.45) is 0 Å². The molecular formula is C23H28O4S. The van der Waals surface area contributed by atoms with Gasteiger partial charge in [-0.1, -0.05) is 37.5 Å². The van der Waals surface area contributed by atoms with Crippen LogP contribution in [-0.4, -0.2) is 29.0 Å². The maximum atomic E-state index is 11.2. The van der Waals surface area contributed by atoms with Gasteiger partial charge in [0.25, 0.3) is 0 Å². The molecule has 0 aliphatic carbocycles. The largest absolute Gasteiger partial charge is 0.508 e. The van der Waals surface area contributed by atoms with Gasteiger partial charge in [0, 0.05) is 23.0 Å². The number of hydrogen-bond donors (Lipinski definition) is 2. The molecule has 0 unspecified atom stereocenters. The van der Waals surface area contributed by atoms with Crippen LogP contribution >= 0.6 is 11.8 Å². The molecule has 0 aromatic heterocycles. The van der Waals surface area contributed by atoms with Crippen molar-refractivity contribution in [2.75, 3.05) is 12.9 Å². The molecule has 3 rings (SSSR count). The normalized spacial score (nSPS) is 18.5. The second-order valence-corrected chi connectivity index (χ2v) is 8.43. The summed E-state index contributed by atoms with van der Waals surface area (Å²) >= 11 is 1.79. The van der Waals surface area contributed by atoms with Crippen LogP contribution in [0, 0.1) is 0 Å². The number of hydrogen-bond acceptors (Lipinski definition) is 5. The van der Waals surface area contributed by atoms with Gasteiger partial charge in [0.2, 0.25) is 0 Å². The highest BCUT2D eigenvalue weighted by molar-refractivity contribution is 7.99. The van der Waals surface area contributed by atoms with Crippen molar-refractivity contribution in [1.82, 2.24) is 0 Å². The second kappa shape index (κ2) is 9.87. The molecule has 0 saturated heterocycles. The average Bonchev–Trinajstić information content (AvgIpc) is 2.70. The third-order valence-corrected chi connectivity index (χ3v) is 6.69. The van der Waals surface area contributed by atoms with E-state index in [9.17, 15) is 15.0 Å². The van der Waals surface area contributed by atoms with Gasteiger partial charge in [0.1, 0.15) is 11.5 Å². The van der Waals surface area contributed by atoms with Crippen LogP contribution in [0.2, 0.25) is 0 Å². The molecule has 1 aliphatic heterocycles. The Morgan fingerprint density at radius 1 is 1.04 bits per heavy atom. The lowest BCUT2D eigenvalue weighted by atomic mass is 9.79. The Bertz CT molecular complexity index is 788. The lowest BCUT2D eigenvalue weighted by Gasteiger charge is -2.34. The fourth-order valence-corrected chi connectivity index (χ4v) is 5.34. The van der Waals surface area contributed by atoms with Crippen LogP contribution < -0.4 is 0 Å². The summed E-state index contributed by atoms with van der Waals surface area (Å²) in [6.45, 7) is 0. The number of phenolic OH excluding ortho intramolecular Hbond substituents is 2. The molecule has 2 atom stereocenters. The Kier molecular flexibility index (Phi) is 7.26. The van der Waals surface area contributed by atoms with Gasteiger partial charge in [0.05, 0.1) is 7.11 Å². The van der Waals surface area contributed by atoms with Crippen molar-refractivity contribution in [3.63, 3.8) is 0 Å². The quantitative estimate of drug-likeness (QED) is 0.447. The molecule has 0 radical (unpaired) electrons. The molecule has 150 valence electrons. The molecule has 2 aromatic rings. The first-order valence-electron chi connectivity index (χ1n) is 9.90. The highest BCUT2D eigenvalue weighted by Crippen LogP contribution is 2.49. The number of esters is 1. The zero-order chi connectivity index (χ0) is 19.9. The van der Waals surface area contributed by atoms with Crippen LogP contribution in [0.5, 0.6) is 11.5 Å². The van der Waals surface area contributed by atoms with E-state index in [1.165, 1.54) is 23.1 Å². The Hall–Kier alpha value is -2.14. The highest BCUT2D eigenvalue weighted by Gasteiger charge is 2.31. The molecule has 28 heavy (non-hydrogen) atoms. The van der Waals surface area contributed by atoms with E-state index < -0.39 is 0 Å². The topological polar surface area (TPSA) is 66.8 Å². The molecule has 0 fully saturated rings. The number of ether oxygens (including phenoxy) is 1. The van der Waals surface area contributed by atoms with Crippen molar-refractivity contribution in [1.29, 1.82) is 0 Å². The van der Waals surface area contributed by atoms with E-state index in [-0.39, 0.29) is 5.97 Å². The summed E-state index contributed by atoms with van der Waals surface area (Å²) in [5, 5.41) is 19.5. The summed E-state index contributed by atoms with van der Waals surface area (Å²) in [5.74, 6) is 2.22. The Morgan fingerprint density at radius 2 is 1.75 bits per heavy atom. The summed E-state index contributed by atoms with van der Waals surface area (Å²) in [6, 6.07) is 13.3. The Labute approximate surface area is 170 Å². The van der Waals surface area contributed by atoms with E-state index >= 15 is 0 Å². The van der Waals surface area contributed by atoms with Gasteiger partial charge in [-0.15, -0.1) is 11.8 Å². The van der Waals surface area contributed by atoms with Crippen LogP contribution in [0.25, 0.3) is 0 Å². The van der Waals surface area contributed by atoms with Crippen molar-refractivity contribution < 1.29 is 19.7 Å². The zero-order valence-corrected chi connectivity index (χ0v) is 17.1. The van der Waals surface area contributed by atoms with E-state index in [2.05, 4.69) is 6.07 Å². The molecule has 2 N–H and O–H groups in total. The number of methoxy groups -OCH3 is 1. The SMILES string of the molecule is COC(=O)CCCCCC[C@@H]1c2ccc(O)cc2SC[C@@H]1c1ccc(O)cc1. The van der Waals surface area contributed by atoms with E-state index in [4.69, 9.17) is 4.74 Å². The van der Waals surface area contributed by atoms with Crippen molar-refractivity contribution in [3.8, 4) is 11.5 Å². The van der Waals surface area contributed by atoms with E-state index in [0.717, 1.165) is 37.9 Å². The molecule has 4 nitrogen and oxygen atoms in total. The van der Waals surface area contributed by atoms with E-state index in [1.807, 2.05) is 18.2 Å². The summed E-state index contributed by atoms with van der Waals surface area (Å²) in [4.78, 5) is 12.4. The number of benzene rings is 2. The predicted molar refractivity (Wildman–Crippen MR) is 112 cm³/mol. The molecule has 2 aromatic carbocycles. The number of rotatable bonds is 8. The first-order chi connectivity index (χ1) is 13.6. The number of carbonyl (C=O) groups excluding carboxylic acids is 1. The maximum absolute atomic E-state index is 11.2. The second-order valence-electron chi connectivity index (χ2n) is 7.37. The highest BCUT2D eigenvalue weighted by atomic mass is 32.2. The third kappa shape index (κ3) is 5.22. The summed E-state index contributed by atoms with van der Waals surface area (Å²) < 4.78 is 4.69. The van der Waals surface area contributed by atoms with Crippen LogP contribution in [0.15, 0.2) is 47.4 Å². The molecular weight excluding hydrogens is 372 g/mol. The minimum Gasteiger partial charge on any atom is -0.508 e. The van der Waals surface area contributed by atoms with Crippen molar-refractivity contribution >= 4 is 17.7 Å². The fourth-order valence-electron chi connectivity index (χ4n) is 3.96. The average molecular weight is 401 g/mol. The third-order valence-electron chi connectivity index (χ3n) is 5.50. The van der Waals surface area contributed by atoms with E-state index in [0.29, 0.717) is 29.8 Å². The van der Waals surface area contributed by atoms with Gasteiger partial charge in [-0.2, -0.15) is 0 Å². The molecule has 1 aliphatic rings. The standard InChI is InChI=1S/C23H28O4S/c1-27-23(26)7-5-3-2-4-6-19-20-13-12-18(25)14-22(20)28-15-21(19)16-8-10-17(24)11-9-16/h8-14,19,21,24-25H,2-7,15H2,1H3/t19-,21-/m1/s1. The van der Waals surface area contributed by atoms with Crippen molar-refractivity contribution in [2.45, 2.75) is 55.3 Å². The number of phenols is 2. The van der Waals surface area contributed by atoms with Gasteiger partial charge in [0.15, 0.2) is 0 Å². The van der Waals surface area contributed by atoms with Crippen LogP contribution in [0.3, 0.4) is 0 Å². The minimum absolute atomic E-state index is 0.134.